The summed E-state index contributed by atoms with van der Waals surface area (Å²) in [5.41, 5.74) is 10.9. The lowest BCUT2D eigenvalue weighted by Crippen LogP contribution is -2.27. The van der Waals surface area contributed by atoms with Gasteiger partial charge in [0.2, 0.25) is 0 Å². The molecule has 1 aromatic heterocycles. The number of anilines is 2. The van der Waals surface area contributed by atoms with Crippen molar-refractivity contribution in [2.24, 2.45) is 11.8 Å². The summed E-state index contributed by atoms with van der Waals surface area (Å²) in [6, 6.07) is 53.3. The molecule has 8 rings (SSSR count). The maximum Gasteiger partial charge on any atom is 0.0470 e. The van der Waals surface area contributed by atoms with Crippen molar-refractivity contribution in [1.29, 1.82) is 0 Å². The molecule has 6 aromatic carbocycles. The van der Waals surface area contributed by atoms with Crippen molar-refractivity contribution in [3.8, 4) is 33.4 Å². The van der Waals surface area contributed by atoms with Crippen LogP contribution < -0.4 is 4.90 Å². The van der Waals surface area contributed by atoms with Crippen molar-refractivity contribution in [3.63, 3.8) is 0 Å². The van der Waals surface area contributed by atoms with E-state index in [0.717, 1.165) is 24.2 Å². The van der Waals surface area contributed by atoms with Crippen LogP contribution in [0.25, 0.3) is 53.6 Å². The normalized spacial score (nSPS) is 15.7. The summed E-state index contributed by atoms with van der Waals surface area (Å²) in [5, 5.41) is 2.66. The largest absolute Gasteiger partial charge is 0.314 e. The first-order valence-corrected chi connectivity index (χ1v) is 18.0. The molecule has 2 unspecified atom stereocenters. The standard InChI is InChI=1S/C47H39NS/c1-3-4-14-34-19-13-21-45(33(34)2)48(42-30-39(35-15-7-5-8-16-35)29-40(31-42)36-17-9-6-10-18-36)41-26-23-37(24-27-41)38-25-28-47-44(32-38)43-20-11-12-22-46(43)49-47/h3,5-13,15-34H,1,4,14H2,2H3. The Kier molecular flexibility index (Phi) is 8.56. The summed E-state index contributed by atoms with van der Waals surface area (Å²) in [5.74, 6) is 0.775. The van der Waals surface area contributed by atoms with Gasteiger partial charge < -0.3 is 4.90 Å². The van der Waals surface area contributed by atoms with E-state index >= 15 is 0 Å². The number of hydrogen-bond acceptors (Lipinski definition) is 2. The van der Waals surface area contributed by atoms with Crippen molar-refractivity contribution in [1.82, 2.24) is 0 Å². The lowest BCUT2D eigenvalue weighted by molar-refractivity contribution is 0.450. The van der Waals surface area contributed by atoms with Crippen molar-refractivity contribution >= 4 is 42.9 Å². The van der Waals surface area contributed by atoms with E-state index in [9.17, 15) is 0 Å². The number of allylic oxidation sites excluding steroid dienone is 5. The van der Waals surface area contributed by atoms with Crippen LogP contribution >= 0.6 is 11.3 Å². The number of fused-ring (bicyclic) bond motifs is 3. The number of nitrogens with zero attached hydrogens (tertiary/aromatic N) is 1. The van der Waals surface area contributed by atoms with Gasteiger partial charge in [-0.05, 0) is 107 Å². The number of thiophene rings is 1. The molecule has 1 aliphatic rings. The molecule has 0 fully saturated rings. The van der Waals surface area contributed by atoms with E-state index in [0.29, 0.717) is 11.8 Å². The molecular weight excluding hydrogens is 611 g/mol. The molecule has 0 spiro atoms. The average molecular weight is 650 g/mol. The van der Waals surface area contributed by atoms with E-state index in [1.54, 1.807) is 0 Å². The summed E-state index contributed by atoms with van der Waals surface area (Å²) in [6.45, 7) is 6.39. The summed E-state index contributed by atoms with van der Waals surface area (Å²) in [7, 11) is 0. The van der Waals surface area contributed by atoms with Gasteiger partial charge in [-0.25, -0.2) is 0 Å². The zero-order valence-corrected chi connectivity index (χ0v) is 28.6. The van der Waals surface area contributed by atoms with Crippen molar-refractivity contribution in [3.05, 3.63) is 182 Å². The predicted octanol–water partition coefficient (Wildman–Crippen LogP) is 13.9. The van der Waals surface area contributed by atoms with E-state index in [1.807, 2.05) is 17.4 Å². The van der Waals surface area contributed by atoms with Crippen LogP contribution in [0.2, 0.25) is 0 Å². The molecular formula is C47H39NS. The van der Waals surface area contributed by atoms with E-state index < -0.39 is 0 Å². The summed E-state index contributed by atoms with van der Waals surface area (Å²) < 4.78 is 2.67. The molecule has 0 saturated heterocycles. The van der Waals surface area contributed by atoms with Gasteiger partial charge in [0.05, 0.1) is 0 Å². The third-order valence-corrected chi connectivity index (χ3v) is 11.1. The number of rotatable bonds is 9. The molecule has 0 aliphatic heterocycles. The van der Waals surface area contributed by atoms with Gasteiger partial charge in [-0.1, -0.05) is 122 Å². The third kappa shape index (κ3) is 6.17. The van der Waals surface area contributed by atoms with Crippen molar-refractivity contribution in [2.45, 2.75) is 19.8 Å². The molecule has 1 heterocycles. The Bertz CT molecular complexity index is 2250. The molecule has 0 radical (unpaired) electrons. The highest BCUT2D eigenvalue weighted by Crippen LogP contribution is 2.43. The van der Waals surface area contributed by atoms with Gasteiger partial charge in [0, 0.05) is 43.2 Å². The lowest BCUT2D eigenvalue weighted by Gasteiger charge is -2.36. The molecule has 2 heteroatoms. The van der Waals surface area contributed by atoms with Gasteiger partial charge in [0.1, 0.15) is 0 Å². The van der Waals surface area contributed by atoms with E-state index in [4.69, 9.17) is 0 Å². The Balaban J connectivity index is 1.26. The first-order valence-electron chi connectivity index (χ1n) is 17.2. The van der Waals surface area contributed by atoms with Gasteiger partial charge in [-0.3, -0.25) is 0 Å². The predicted molar refractivity (Wildman–Crippen MR) is 214 cm³/mol. The Morgan fingerprint density at radius 1 is 0.592 bits per heavy atom. The summed E-state index contributed by atoms with van der Waals surface area (Å²) >= 11 is 1.87. The highest BCUT2D eigenvalue weighted by atomic mass is 32.1. The maximum absolute atomic E-state index is 4.01. The fourth-order valence-corrected chi connectivity index (χ4v) is 8.35. The van der Waals surface area contributed by atoms with Gasteiger partial charge >= 0.3 is 0 Å². The second-order valence-corrected chi connectivity index (χ2v) is 14.1. The monoisotopic (exact) mass is 649 g/mol. The zero-order chi connectivity index (χ0) is 33.2. The second-order valence-electron chi connectivity index (χ2n) is 13.0. The van der Waals surface area contributed by atoms with Gasteiger partial charge in [-0.15, -0.1) is 17.9 Å². The first kappa shape index (κ1) is 30.9. The number of hydrogen-bond donors (Lipinski definition) is 0. The molecule has 49 heavy (non-hydrogen) atoms. The average Bonchev–Trinajstić information content (AvgIpc) is 3.54. The Hall–Kier alpha value is -5.44. The van der Waals surface area contributed by atoms with Crippen molar-refractivity contribution < 1.29 is 0 Å². The molecule has 0 bridgehead atoms. The Labute approximate surface area is 293 Å². The second kappa shape index (κ2) is 13.6. The maximum atomic E-state index is 4.01. The molecule has 0 amide bonds. The molecule has 2 atom stereocenters. The van der Waals surface area contributed by atoms with Crippen LogP contribution in [-0.4, -0.2) is 0 Å². The minimum atomic E-state index is 0.333. The van der Waals surface area contributed by atoms with E-state index in [2.05, 4.69) is 182 Å². The van der Waals surface area contributed by atoms with Gasteiger partial charge in [0.15, 0.2) is 0 Å². The Morgan fingerprint density at radius 3 is 1.90 bits per heavy atom. The number of benzene rings is 6. The highest BCUT2D eigenvalue weighted by Gasteiger charge is 2.27. The van der Waals surface area contributed by atoms with Crippen LogP contribution in [0.3, 0.4) is 0 Å². The zero-order valence-electron chi connectivity index (χ0n) is 27.8. The molecule has 1 aliphatic carbocycles. The van der Waals surface area contributed by atoms with Gasteiger partial charge in [0.25, 0.3) is 0 Å². The molecule has 0 N–H and O–H groups in total. The smallest absolute Gasteiger partial charge is 0.0470 e. The minimum Gasteiger partial charge on any atom is -0.314 e. The quantitative estimate of drug-likeness (QED) is 0.141. The van der Waals surface area contributed by atoms with Crippen LogP contribution in [0.5, 0.6) is 0 Å². The first-order chi connectivity index (χ1) is 24.2. The van der Waals surface area contributed by atoms with Crippen LogP contribution in [0.15, 0.2) is 182 Å². The van der Waals surface area contributed by atoms with Crippen LogP contribution in [0, 0.1) is 11.8 Å². The summed E-state index contributed by atoms with van der Waals surface area (Å²) in [4.78, 5) is 2.49. The van der Waals surface area contributed by atoms with Crippen LogP contribution in [0.1, 0.15) is 19.8 Å². The molecule has 0 saturated carbocycles. The van der Waals surface area contributed by atoms with Crippen molar-refractivity contribution in [2.75, 3.05) is 4.90 Å². The highest BCUT2D eigenvalue weighted by molar-refractivity contribution is 7.25. The minimum absolute atomic E-state index is 0.333. The van der Waals surface area contributed by atoms with Crippen LogP contribution in [0.4, 0.5) is 11.4 Å². The summed E-state index contributed by atoms with van der Waals surface area (Å²) in [6.07, 6.45) is 11.1. The fourth-order valence-electron chi connectivity index (χ4n) is 7.26. The molecule has 238 valence electrons. The van der Waals surface area contributed by atoms with E-state index in [1.165, 1.54) is 59.3 Å². The Morgan fingerprint density at radius 2 is 1.20 bits per heavy atom. The third-order valence-electron chi connectivity index (χ3n) is 9.92. The fraction of sp³-hybridized carbons (Fsp3) is 0.106. The molecule has 7 aromatic rings. The topological polar surface area (TPSA) is 3.24 Å². The van der Waals surface area contributed by atoms with E-state index in [-0.39, 0.29) is 0 Å². The molecule has 1 nitrogen and oxygen atoms in total. The SMILES string of the molecule is C=CCCC1C=CC=C(N(c2ccc(-c3ccc4sc5ccccc5c4c3)cc2)c2cc(-c3ccccc3)cc(-c3ccccc3)c2)C1C. The lowest BCUT2D eigenvalue weighted by atomic mass is 9.83. The van der Waals surface area contributed by atoms with Crippen LogP contribution in [-0.2, 0) is 0 Å². The van der Waals surface area contributed by atoms with Gasteiger partial charge in [-0.2, -0.15) is 0 Å².